The summed E-state index contributed by atoms with van der Waals surface area (Å²) < 4.78 is 62.1. The highest BCUT2D eigenvalue weighted by Gasteiger charge is 2.49. The van der Waals surface area contributed by atoms with Gasteiger partial charge in [-0.25, -0.2) is 0 Å². The van der Waals surface area contributed by atoms with E-state index in [0.717, 1.165) is 12.8 Å². The van der Waals surface area contributed by atoms with Crippen LogP contribution in [0.4, 0.5) is 13.2 Å². The molecule has 0 N–H and O–H groups in total. The van der Waals surface area contributed by atoms with Gasteiger partial charge in [-0.1, -0.05) is 0 Å². The van der Waals surface area contributed by atoms with Gasteiger partial charge < -0.3 is 4.18 Å². The van der Waals surface area contributed by atoms with Gasteiger partial charge in [-0.05, 0) is 37.7 Å². The highest BCUT2D eigenvalue weighted by Crippen LogP contribution is 2.42. The van der Waals surface area contributed by atoms with Crippen LogP contribution >= 0.6 is 0 Å². The van der Waals surface area contributed by atoms with Crippen molar-refractivity contribution in [3.63, 3.8) is 0 Å². The molecule has 3 aliphatic rings. The summed E-state index contributed by atoms with van der Waals surface area (Å²) in [6.07, 6.45) is 4.77. The number of fused-ring (bicyclic) bond motifs is 2. The van der Waals surface area contributed by atoms with E-state index >= 15 is 0 Å². The van der Waals surface area contributed by atoms with Gasteiger partial charge in [0.05, 0.1) is 0 Å². The second-order valence-electron chi connectivity index (χ2n) is 4.16. The minimum absolute atomic E-state index is 0.0141. The van der Waals surface area contributed by atoms with E-state index in [1.54, 1.807) is 0 Å². The second-order valence-corrected chi connectivity index (χ2v) is 5.70. The van der Waals surface area contributed by atoms with Gasteiger partial charge in [-0.3, -0.25) is 0 Å². The monoisotopic (exact) mass is 256 g/mol. The third-order valence-corrected chi connectivity index (χ3v) is 4.04. The standard InChI is InChI=1S/C9H11F3O3S/c10-9(11,12)16(13,14)15-8-5-6-1-3-7(8)4-2-6/h5-7H,1-4H2. The molecule has 0 radical (unpaired) electrons. The first-order chi connectivity index (χ1) is 7.29. The molecule has 0 aromatic heterocycles. The third kappa shape index (κ3) is 2.05. The fourth-order valence-electron chi connectivity index (χ4n) is 2.21. The molecule has 0 aromatic rings. The zero-order valence-electron chi connectivity index (χ0n) is 8.33. The van der Waals surface area contributed by atoms with Gasteiger partial charge in [-0.2, -0.15) is 21.6 Å². The minimum atomic E-state index is -5.49. The van der Waals surface area contributed by atoms with Crippen LogP contribution in [-0.2, 0) is 14.3 Å². The van der Waals surface area contributed by atoms with Crippen molar-refractivity contribution in [2.45, 2.75) is 31.2 Å². The van der Waals surface area contributed by atoms with Crippen molar-refractivity contribution in [2.24, 2.45) is 11.8 Å². The van der Waals surface area contributed by atoms with Gasteiger partial charge in [-0.15, -0.1) is 0 Å². The molecular formula is C9H11F3O3S. The molecule has 2 bridgehead atoms. The van der Waals surface area contributed by atoms with Gasteiger partial charge >= 0.3 is 15.6 Å². The second kappa shape index (κ2) is 3.65. The molecule has 0 spiro atoms. The van der Waals surface area contributed by atoms with Crippen LogP contribution < -0.4 is 0 Å². The lowest BCUT2D eigenvalue weighted by atomic mass is 9.75. The summed E-state index contributed by atoms with van der Waals surface area (Å²) in [6, 6.07) is 0. The van der Waals surface area contributed by atoms with Crippen LogP contribution in [-0.4, -0.2) is 13.9 Å². The van der Waals surface area contributed by atoms with Crippen molar-refractivity contribution < 1.29 is 25.8 Å². The van der Waals surface area contributed by atoms with Gasteiger partial charge in [0.2, 0.25) is 0 Å². The van der Waals surface area contributed by atoms with Crippen molar-refractivity contribution >= 4 is 10.1 Å². The van der Waals surface area contributed by atoms with E-state index in [1.165, 1.54) is 6.08 Å². The molecule has 0 atom stereocenters. The molecule has 0 amide bonds. The molecule has 0 saturated heterocycles. The molecule has 0 aromatic carbocycles. The van der Waals surface area contributed by atoms with Gasteiger partial charge in [0.25, 0.3) is 0 Å². The molecule has 1 saturated carbocycles. The van der Waals surface area contributed by atoms with Crippen LogP contribution in [0.2, 0.25) is 0 Å². The minimum Gasteiger partial charge on any atom is -0.381 e. The van der Waals surface area contributed by atoms with Gasteiger partial charge in [0, 0.05) is 5.92 Å². The molecule has 3 aliphatic carbocycles. The Kier molecular flexibility index (Phi) is 2.68. The molecule has 3 nitrogen and oxygen atoms in total. The lowest BCUT2D eigenvalue weighted by Crippen LogP contribution is -2.30. The largest absolute Gasteiger partial charge is 0.534 e. The summed E-state index contributed by atoms with van der Waals surface area (Å²) in [5.41, 5.74) is -5.34. The van der Waals surface area contributed by atoms with Crippen LogP contribution in [0.1, 0.15) is 25.7 Å². The first kappa shape index (κ1) is 11.8. The lowest BCUT2D eigenvalue weighted by molar-refractivity contribution is -0.0531. The smallest absolute Gasteiger partial charge is 0.381 e. The Hall–Kier alpha value is -0.720. The molecule has 0 aliphatic heterocycles. The fourth-order valence-corrected chi connectivity index (χ4v) is 2.75. The number of rotatable bonds is 2. The summed E-state index contributed by atoms with van der Waals surface area (Å²) in [6.45, 7) is 0. The average molecular weight is 256 g/mol. The maximum absolute atomic E-state index is 12.1. The molecule has 3 rings (SSSR count). The molecule has 1 fully saturated rings. The van der Waals surface area contributed by atoms with E-state index in [1.807, 2.05) is 0 Å². The highest BCUT2D eigenvalue weighted by atomic mass is 32.2. The van der Waals surface area contributed by atoms with Crippen molar-refractivity contribution in [1.29, 1.82) is 0 Å². The molecule has 16 heavy (non-hydrogen) atoms. The zero-order valence-corrected chi connectivity index (χ0v) is 9.14. The summed E-state index contributed by atoms with van der Waals surface area (Å²) in [5.74, 6) is -0.00890. The number of alkyl halides is 3. The fraction of sp³-hybridized carbons (Fsp3) is 0.778. The van der Waals surface area contributed by atoms with E-state index in [4.69, 9.17) is 0 Å². The van der Waals surface area contributed by atoms with Crippen LogP contribution in [0, 0.1) is 11.8 Å². The Bertz CT molecular complexity index is 402. The molecular weight excluding hydrogens is 245 g/mol. The predicted octanol–water partition coefficient (Wildman–Crippen LogP) is 2.56. The summed E-state index contributed by atoms with van der Waals surface area (Å²) >= 11 is 0. The van der Waals surface area contributed by atoms with E-state index in [0.29, 0.717) is 12.8 Å². The number of hydrogen-bond acceptors (Lipinski definition) is 3. The summed E-state index contributed by atoms with van der Waals surface area (Å²) in [7, 11) is -5.49. The zero-order chi connectivity index (χ0) is 12.0. The van der Waals surface area contributed by atoms with Crippen LogP contribution in [0.15, 0.2) is 11.8 Å². The Morgan fingerprint density at radius 3 is 2.12 bits per heavy atom. The quantitative estimate of drug-likeness (QED) is 0.563. The lowest BCUT2D eigenvalue weighted by Gasteiger charge is -2.34. The Morgan fingerprint density at radius 1 is 1.19 bits per heavy atom. The Morgan fingerprint density at radius 2 is 1.75 bits per heavy atom. The summed E-state index contributed by atoms with van der Waals surface area (Å²) in [5, 5.41) is 0. The van der Waals surface area contributed by atoms with E-state index in [2.05, 4.69) is 4.18 Å². The molecule has 0 unspecified atom stereocenters. The van der Waals surface area contributed by atoms with E-state index in [-0.39, 0.29) is 17.6 Å². The van der Waals surface area contributed by atoms with E-state index < -0.39 is 15.6 Å². The maximum atomic E-state index is 12.1. The average Bonchev–Trinajstić information content (AvgIpc) is 2.17. The highest BCUT2D eigenvalue weighted by molar-refractivity contribution is 7.87. The molecule has 7 heteroatoms. The number of halogens is 3. The first-order valence-electron chi connectivity index (χ1n) is 5.02. The van der Waals surface area contributed by atoms with Crippen molar-refractivity contribution in [3.8, 4) is 0 Å². The van der Waals surface area contributed by atoms with Crippen LogP contribution in [0.25, 0.3) is 0 Å². The first-order valence-corrected chi connectivity index (χ1v) is 6.43. The number of allylic oxidation sites excluding steroid dienone is 2. The summed E-state index contributed by atoms with van der Waals surface area (Å²) in [4.78, 5) is 0. The van der Waals surface area contributed by atoms with Gasteiger partial charge in [0.1, 0.15) is 5.76 Å². The van der Waals surface area contributed by atoms with Crippen molar-refractivity contribution in [3.05, 3.63) is 11.8 Å². The van der Waals surface area contributed by atoms with Crippen LogP contribution in [0.5, 0.6) is 0 Å². The third-order valence-electron chi connectivity index (χ3n) is 3.06. The van der Waals surface area contributed by atoms with Crippen molar-refractivity contribution in [2.75, 3.05) is 0 Å². The van der Waals surface area contributed by atoms with Gasteiger partial charge in [0.15, 0.2) is 0 Å². The normalized spacial score (nSPS) is 30.1. The Labute approximate surface area is 91.4 Å². The van der Waals surface area contributed by atoms with Crippen molar-refractivity contribution in [1.82, 2.24) is 0 Å². The topological polar surface area (TPSA) is 43.4 Å². The van der Waals surface area contributed by atoms with Crippen LogP contribution in [0.3, 0.4) is 0 Å². The van der Waals surface area contributed by atoms with E-state index in [9.17, 15) is 21.6 Å². The molecule has 0 heterocycles. The predicted molar refractivity (Wildman–Crippen MR) is 49.6 cm³/mol. The SMILES string of the molecule is O=S(=O)(OC1=CC2CCC1CC2)C(F)(F)F. The number of hydrogen-bond donors (Lipinski definition) is 0. The Balaban J connectivity index is 2.18. The molecule has 92 valence electrons. The maximum Gasteiger partial charge on any atom is 0.534 e.